The van der Waals surface area contributed by atoms with Crippen LogP contribution < -0.4 is 14.9 Å². The third kappa shape index (κ3) is 4.14. The van der Waals surface area contributed by atoms with Gasteiger partial charge in [0.25, 0.3) is 0 Å². The maximum Gasteiger partial charge on any atom is 0.214 e. The van der Waals surface area contributed by atoms with Gasteiger partial charge in [0.05, 0.1) is 24.3 Å². The molecule has 0 saturated heterocycles. The predicted molar refractivity (Wildman–Crippen MR) is 88.9 cm³/mol. The smallest absolute Gasteiger partial charge is 0.214 e. The van der Waals surface area contributed by atoms with E-state index in [9.17, 15) is 0 Å². The number of hydrogen-bond acceptors (Lipinski definition) is 5. The van der Waals surface area contributed by atoms with E-state index in [2.05, 4.69) is 15.6 Å². The number of aromatic amines is 1. The van der Waals surface area contributed by atoms with Crippen LogP contribution >= 0.6 is 23.8 Å². The van der Waals surface area contributed by atoms with Gasteiger partial charge in [-0.2, -0.15) is 5.10 Å². The Morgan fingerprint density at radius 1 is 1.45 bits per heavy atom. The van der Waals surface area contributed by atoms with Crippen LogP contribution in [0.5, 0.6) is 11.5 Å². The van der Waals surface area contributed by atoms with Crippen molar-refractivity contribution in [3.63, 3.8) is 0 Å². The van der Waals surface area contributed by atoms with Gasteiger partial charge in [-0.05, 0) is 50.7 Å². The molecule has 0 amide bonds. The van der Waals surface area contributed by atoms with Gasteiger partial charge in [0.2, 0.25) is 4.77 Å². The molecule has 0 aliphatic rings. The Kier molecular flexibility index (Phi) is 5.68. The average molecular weight is 343 g/mol. The van der Waals surface area contributed by atoms with Crippen LogP contribution in [0, 0.1) is 4.77 Å². The van der Waals surface area contributed by atoms with E-state index < -0.39 is 0 Å². The van der Waals surface area contributed by atoms with E-state index in [0.29, 0.717) is 34.4 Å². The van der Waals surface area contributed by atoms with Crippen LogP contribution in [0.4, 0.5) is 0 Å². The summed E-state index contributed by atoms with van der Waals surface area (Å²) in [5.41, 5.74) is 4.08. The second-order valence-corrected chi connectivity index (χ2v) is 5.66. The lowest BCUT2D eigenvalue weighted by Crippen LogP contribution is -2.14. The molecule has 0 spiro atoms. The zero-order chi connectivity index (χ0) is 16.1. The van der Waals surface area contributed by atoms with Crippen LogP contribution in [0.2, 0.25) is 5.02 Å². The van der Waals surface area contributed by atoms with Crippen LogP contribution in [0.1, 0.15) is 26.3 Å². The van der Waals surface area contributed by atoms with Gasteiger partial charge in [0.1, 0.15) is 6.33 Å². The normalized spacial score (nSPS) is 10.8. The van der Waals surface area contributed by atoms with Crippen LogP contribution in [0.25, 0.3) is 0 Å². The van der Waals surface area contributed by atoms with Crippen LogP contribution in [-0.2, 0) is 6.54 Å². The number of benzene rings is 1. The Morgan fingerprint density at radius 2 is 2.23 bits per heavy atom. The highest BCUT2D eigenvalue weighted by Gasteiger charge is 2.14. The topological polar surface area (TPSA) is 64.1 Å². The molecule has 22 heavy (non-hydrogen) atoms. The minimum absolute atomic E-state index is 0.0185. The van der Waals surface area contributed by atoms with Crippen LogP contribution in [0.3, 0.4) is 0 Å². The number of aromatic nitrogens is 3. The van der Waals surface area contributed by atoms with Crippen molar-refractivity contribution in [3.8, 4) is 11.5 Å². The van der Waals surface area contributed by atoms with E-state index in [1.165, 1.54) is 0 Å². The van der Waals surface area contributed by atoms with E-state index in [1.54, 1.807) is 11.0 Å². The zero-order valence-electron chi connectivity index (χ0n) is 12.7. The van der Waals surface area contributed by atoms with E-state index in [4.69, 9.17) is 33.3 Å². The molecule has 0 aliphatic carbocycles. The van der Waals surface area contributed by atoms with Crippen molar-refractivity contribution in [2.24, 2.45) is 0 Å². The van der Waals surface area contributed by atoms with Crippen molar-refractivity contribution in [1.82, 2.24) is 14.9 Å². The molecular weight excluding hydrogens is 324 g/mol. The molecule has 0 fully saturated rings. The summed E-state index contributed by atoms with van der Waals surface area (Å²) in [5, 5.41) is 7.04. The van der Waals surface area contributed by atoms with Crippen molar-refractivity contribution < 1.29 is 9.47 Å². The van der Waals surface area contributed by atoms with Gasteiger partial charge < -0.3 is 14.9 Å². The SMILES string of the molecule is CCOc1cc(CNn2cn[nH]c2=S)cc(Cl)c1OC(C)C. The van der Waals surface area contributed by atoms with Gasteiger partial charge in [-0.3, -0.25) is 5.10 Å². The fourth-order valence-corrected chi connectivity index (χ4v) is 2.32. The maximum atomic E-state index is 6.33. The Labute approximate surface area is 139 Å². The Balaban J connectivity index is 2.21. The molecule has 0 saturated carbocycles. The lowest BCUT2D eigenvalue weighted by atomic mass is 10.2. The summed E-state index contributed by atoms with van der Waals surface area (Å²) in [4.78, 5) is 0. The molecule has 0 radical (unpaired) electrons. The third-order valence-electron chi connectivity index (χ3n) is 2.73. The zero-order valence-corrected chi connectivity index (χ0v) is 14.3. The number of hydrogen-bond donors (Lipinski definition) is 2. The molecule has 1 aromatic carbocycles. The molecule has 1 heterocycles. The Hall–Kier alpha value is -1.73. The number of rotatable bonds is 7. The monoisotopic (exact) mass is 342 g/mol. The number of nitrogens with one attached hydrogen (secondary N) is 2. The quantitative estimate of drug-likeness (QED) is 0.754. The first kappa shape index (κ1) is 16.6. The second kappa shape index (κ2) is 7.51. The van der Waals surface area contributed by atoms with Gasteiger partial charge in [-0.1, -0.05) is 11.6 Å². The third-order valence-corrected chi connectivity index (χ3v) is 3.30. The van der Waals surface area contributed by atoms with Gasteiger partial charge in [0.15, 0.2) is 11.5 Å². The van der Waals surface area contributed by atoms with Gasteiger partial charge in [-0.15, -0.1) is 0 Å². The molecular formula is C14H19ClN4O2S. The van der Waals surface area contributed by atoms with Gasteiger partial charge >= 0.3 is 0 Å². The average Bonchev–Trinajstić information content (AvgIpc) is 2.86. The van der Waals surface area contributed by atoms with Crippen molar-refractivity contribution in [2.45, 2.75) is 33.4 Å². The largest absolute Gasteiger partial charge is 0.490 e. The van der Waals surface area contributed by atoms with Gasteiger partial charge in [-0.25, -0.2) is 4.68 Å². The van der Waals surface area contributed by atoms with Crippen molar-refractivity contribution in [2.75, 3.05) is 12.0 Å². The highest BCUT2D eigenvalue weighted by atomic mass is 35.5. The molecule has 2 N–H and O–H groups in total. The number of ether oxygens (including phenoxy) is 2. The summed E-state index contributed by atoms with van der Waals surface area (Å²) < 4.78 is 13.5. The molecule has 0 atom stereocenters. The van der Waals surface area contributed by atoms with E-state index in [-0.39, 0.29) is 6.10 Å². The predicted octanol–water partition coefficient (Wildman–Crippen LogP) is 3.52. The van der Waals surface area contributed by atoms with Crippen molar-refractivity contribution >= 4 is 23.8 Å². The highest BCUT2D eigenvalue weighted by Crippen LogP contribution is 2.37. The standard InChI is InChI=1S/C14H19ClN4O2S/c1-4-20-12-6-10(5-11(15)13(12)21-9(2)3)7-17-19-8-16-18-14(19)22/h5-6,8-9,17H,4,7H2,1-3H3,(H,18,22). The van der Waals surface area contributed by atoms with Crippen LogP contribution in [-0.4, -0.2) is 27.6 Å². The number of H-pyrrole nitrogens is 1. The molecule has 1 aromatic heterocycles. The fraction of sp³-hybridized carbons (Fsp3) is 0.429. The molecule has 8 heteroatoms. The maximum absolute atomic E-state index is 6.33. The molecule has 120 valence electrons. The first-order valence-electron chi connectivity index (χ1n) is 6.99. The summed E-state index contributed by atoms with van der Waals surface area (Å²) in [5.74, 6) is 1.21. The molecule has 2 rings (SSSR count). The van der Waals surface area contributed by atoms with Crippen molar-refractivity contribution in [1.29, 1.82) is 0 Å². The lowest BCUT2D eigenvalue weighted by Gasteiger charge is -2.17. The first-order chi connectivity index (χ1) is 10.5. The van der Waals surface area contributed by atoms with E-state index in [1.807, 2.05) is 32.9 Å². The summed E-state index contributed by atoms with van der Waals surface area (Å²) in [6.45, 7) is 6.87. The van der Waals surface area contributed by atoms with Crippen LogP contribution in [0.15, 0.2) is 18.5 Å². The molecule has 0 aliphatic heterocycles. The highest BCUT2D eigenvalue weighted by molar-refractivity contribution is 7.71. The van der Waals surface area contributed by atoms with Gasteiger partial charge in [0, 0.05) is 0 Å². The first-order valence-corrected chi connectivity index (χ1v) is 7.77. The molecule has 2 aromatic rings. The summed E-state index contributed by atoms with van der Waals surface area (Å²) in [7, 11) is 0. The van der Waals surface area contributed by atoms with Crippen molar-refractivity contribution in [3.05, 3.63) is 33.8 Å². The number of nitrogens with zero attached hydrogens (tertiary/aromatic N) is 2. The summed E-state index contributed by atoms with van der Waals surface area (Å²) in [6.07, 6.45) is 1.59. The fourth-order valence-electron chi connectivity index (χ4n) is 1.87. The molecule has 0 bridgehead atoms. The minimum atomic E-state index is 0.0185. The summed E-state index contributed by atoms with van der Waals surface area (Å²) in [6, 6.07) is 3.75. The second-order valence-electron chi connectivity index (χ2n) is 4.87. The van der Waals surface area contributed by atoms with E-state index >= 15 is 0 Å². The Bertz CT molecular complexity index is 684. The minimum Gasteiger partial charge on any atom is -0.490 e. The lowest BCUT2D eigenvalue weighted by molar-refractivity contribution is 0.224. The van der Waals surface area contributed by atoms with E-state index in [0.717, 1.165) is 5.56 Å². The number of halogens is 1. The summed E-state index contributed by atoms with van der Waals surface area (Å²) >= 11 is 11.4. The molecule has 6 nitrogen and oxygen atoms in total. The Morgan fingerprint density at radius 3 is 2.82 bits per heavy atom. The molecule has 0 unspecified atom stereocenters.